The highest BCUT2D eigenvalue weighted by Crippen LogP contribution is 2.33. The van der Waals surface area contributed by atoms with Gasteiger partial charge in [-0.15, -0.1) is 0 Å². The molecule has 1 saturated carbocycles. The van der Waals surface area contributed by atoms with Crippen LogP contribution in [0.1, 0.15) is 62.4 Å². The average Bonchev–Trinajstić information content (AvgIpc) is 2.74. The maximum atomic E-state index is 12.9. The lowest BCUT2D eigenvalue weighted by atomic mass is 9.87. The molecular weight excluding hydrogens is 240 g/mol. The van der Waals surface area contributed by atoms with E-state index in [0.717, 1.165) is 38.6 Å². The fourth-order valence-electron chi connectivity index (χ4n) is 2.97. The second kappa shape index (κ2) is 6.33. The van der Waals surface area contributed by atoms with Crippen LogP contribution in [-0.4, -0.2) is 28.3 Å². The summed E-state index contributed by atoms with van der Waals surface area (Å²) in [6, 6.07) is 1.82. The van der Waals surface area contributed by atoms with Crippen molar-refractivity contribution >= 4 is 5.78 Å². The van der Waals surface area contributed by atoms with Gasteiger partial charge in [-0.3, -0.25) is 9.48 Å². The van der Waals surface area contributed by atoms with Gasteiger partial charge in [-0.1, -0.05) is 32.6 Å². The monoisotopic (exact) mass is 264 g/mol. The largest absolute Gasteiger partial charge is 0.370 e. The predicted octanol–water partition coefficient (Wildman–Crippen LogP) is 3.22. The van der Waals surface area contributed by atoms with E-state index in [1.54, 1.807) is 13.3 Å². The van der Waals surface area contributed by atoms with Crippen LogP contribution >= 0.6 is 0 Å². The van der Waals surface area contributed by atoms with E-state index in [9.17, 15) is 4.79 Å². The Morgan fingerprint density at radius 3 is 2.63 bits per heavy atom. The lowest BCUT2D eigenvalue weighted by Crippen LogP contribution is -2.41. The van der Waals surface area contributed by atoms with Crippen molar-refractivity contribution in [3.63, 3.8) is 0 Å². The molecule has 1 aromatic rings. The Morgan fingerprint density at radius 2 is 2.05 bits per heavy atom. The molecule has 19 heavy (non-hydrogen) atoms. The molecule has 1 aromatic heterocycles. The zero-order valence-electron chi connectivity index (χ0n) is 12.0. The van der Waals surface area contributed by atoms with E-state index in [2.05, 4.69) is 12.0 Å². The van der Waals surface area contributed by atoms with Gasteiger partial charge < -0.3 is 4.74 Å². The number of hydrogen-bond donors (Lipinski definition) is 0. The van der Waals surface area contributed by atoms with Crippen molar-refractivity contribution in [1.29, 1.82) is 0 Å². The highest BCUT2D eigenvalue weighted by molar-refractivity contribution is 6.01. The van der Waals surface area contributed by atoms with Gasteiger partial charge in [0.15, 0.2) is 0 Å². The molecule has 1 aliphatic carbocycles. The van der Waals surface area contributed by atoms with Gasteiger partial charge in [0.1, 0.15) is 11.3 Å². The number of nitrogens with zero attached hydrogens (tertiary/aromatic N) is 2. The quantitative estimate of drug-likeness (QED) is 0.606. The van der Waals surface area contributed by atoms with Crippen LogP contribution in [0.5, 0.6) is 0 Å². The molecular formula is C15H24N2O2. The van der Waals surface area contributed by atoms with Crippen molar-refractivity contribution in [2.45, 2.75) is 64.0 Å². The summed E-state index contributed by atoms with van der Waals surface area (Å²) in [6.07, 6.45) is 8.90. The smallest absolute Gasteiger partial charge is 0.212 e. The number of Topliss-reactive ketones (excluding diaryl/α,β-unsaturated/α-hetero) is 1. The maximum Gasteiger partial charge on any atom is 0.212 e. The Hall–Kier alpha value is -1.16. The highest BCUT2D eigenvalue weighted by Gasteiger charge is 2.40. The van der Waals surface area contributed by atoms with Crippen LogP contribution in [-0.2, 0) is 11.3 Å². The summed E-state index contributed by atoms with van der Waals surface area (Å²) in [5.74, 6) is 0.114. The van der Waals surface area contributed by atoms with Crippen molar-refractivity contribution in [2.75, 3.05) is 7.11 Å². The van der Waals surface area contributed by atoms with E-state index in [4.69, 9.17) is 4.74 Å². The van der Waals surface area contributed by atoms with Gasteiger partial charge >= 0.3 is 0 Å². The molecule has 106 valence electrons. The third kappa shape index (κ3) is 2.89. The summed E-state index contributed by atoms with van der Waals surface area (Å²) >= 11 is 0. The van der Waals surface area contributed by atoms with E-state index in [1.807, 2.05) is 10.7 Å². The Balaban J connectivity index is 2.26. The second-order valence-corrected chi connectivity index (χ2v) is 5.38. The third-order valence-corrected chi connectivity index (χ3v) is 4.10. The molecule has 1 heterocycles. The van der Waals surface area contributed by atoms with Gasteiger partial charge in [-0.25, -0.2) is 0 Å². The third-order valence-electron chi connectivity index (χ3n) is 4.10. The number of ether oxygens (including phenoxy) is 1. The Labute approximate surface area is 115 Å². The van der Waals surface area contributed by atoms with E-state index in [1.165, 1.54) is 12.8 Å². The van der Waals surface area contributed by atoms with Crippen molar-refractivity contribution in [1.82, 2.24) is 9.78 Å². The molecule has 1 fully saturated rings. The molecule has 0 amide bonds. The normalized spacial score (nSPS) is 19.1. The molecule has 0 saturated heterocycles. The van der Waals surface area contributed by atoms with Crippen molar-refractivity contribution in [3.05, 3.63) is 18.0 Å². The van der Waals surface area contributed by atoms with Gasteiger partial charge in [-0.2, -0.15) is 5.10 Å². The molecule has 4 nitrogen and oxygen atoms in total. The maximum absolute atomic E-state index is 12.9. The van der Waals surface area contributed by atoms with E-state index < -0.39 is 5.60 Å². The van der Waals surface area contributed by atoms with Crippen molar-refractivity contribution in [3.8, 4) is 0 Å². The molecule has 0 aliphatic heterocycles. The summed E-state index contributed by atoms with van der Waals surface area (Å²) in [5.41, 5.74) is 0.0766. The Morgan fingerprint density at radius 1 is 1.37 bits per heavy atom. The Bertz CT molecular complexity index is 418. The van der Waals surface area contributed by atoms with E-state index >= 15 is 0 Å². The molecule has 2 rings (SSSR count). The zero-order chi connectivity index (χ0) is 13.7. The molecule has 0 radical (unpaired) electrons. The standard InChI is InChI=1S/C15H24N2O2/c1-3-12-17-13(8-11-16-17)14(18)15(19-2)9-6-4-5-7-10-15/h8,11H,3-7,9-10,12H2,1-2H3. The number of carbonyl (C=O) groups excluding carboxylic acids is 1. The number of rotatable bonds is 5. The van der Waals surface area contributed by atoms with Crippen LogP contribution < -0.4 is 0 Å². The fourth-order valence-corrected chi connectivity index (χ4v) is 2.97. The number of methoxy groups -OCH3 is 1. The molecule has 0 N–H and O–H groups in total. The lowest BCUT2D eigenvalue weighted by Gasteiger charge is -2.29. The minimum atomic E-state index is -0.623. The first-order chi connectivity index (χ1) is 9.23. The van der Waals surface area contributed by atoms with Crippen molar-refractivity contribution in [2.24, 2.45) is 0 Å². The van der Waals surface area contributed by atoms with Crippen molar-refractivity contribution < 1.29 is 9.53 Å². The summed E-state index contributed by atoms with van der Waals surface area (Å²) in [6.45, 7) is 2.88. The summed E-state index contributed by atoms with van der Waals surface area (Å²) in [5, 5.41) is 4.25. The van der Waals surface area contributed by atoms with Crippen LogP contribution in [0.15, 0.2) is 12.3 Å². The molecule has 4 heteroatoms. The van der Waals surface area contributed by atoms with Gasteiger partial charge in [0.2, 0.25) is 5.78 Å². The zero-order valence-corrected chi connectivity index (χ0v) is 12.0. The van der Waals surface area contributed by atoms with Gasteiger partial charge in [-0.05, 0) is 25.3 Å². The first kappa shape index (κ1) is 14.3. The molecule has 0 spiro atoms. The summed E-state index contributed by atoms with van der Waals surface area (Å²) < 4.78 is 7.50. The van der Waals surface area contributed by atoms with Gasteiger partial charge in [0.05, 0.1) is 0 Å². The van der Waals surface area contributed by atoms with Gasteiger partial charge in [0, 0.05) is 19.9 Å². The fraction of sp³-hybridized carbons (Fsp3) is 0.733. The number of carbonyl (C=O) groups is 1. The number of ketones is 1. The summed E-state index contributed by atoms with van der Waals surface area (Å²) in [7, 11) is 1.67. The molecule has 0 atom stereocenters. The highest BCUT2D eigenvalue weighted by atomic mass is 16.5. The number of aromatic nitrogens is 2. The van der Waals surface area contributed by atoms with Crippen LogP contribution in [0.25, 0.3) is 0 Å². The molecule has 0 aromatic carbocycles. The number of aryl methyl sites for hydroxylation is 1. The minimum absolute atomic E-state index is 0.114. The predicted molar refractivity (Wildman–Crippen MR) is 74.3 cm³/mol. The van der Waals surface area contributed by atoms with E-state index in [-0.39, 0.29) is 5.78 Å². The topological polar surface area (TPSA) is 44.1 Å². The SMILES string of the molecule is CCCn1nccc1C(=O)C1(OC)CCCCCC1. The lowest BCUT2D eigenvalue weighted by molar-refractivity contribution is -0.00774. The average molecular weight is 264 g/mol. The van der Waals surface area contributed by atoms with Crippen LogP contribution in [0.2, 0.25) is 0 Å². The molecule has 0 bridgehead atoms. The van der Waals surface area contributed by atoms with Crippen LogP contribution in [0.3, 0.4) is 0 Å². The second-order valence-electron chi connectivity index (χ2n) is 5.38. The van der Waals surface area contributed by atoms with Crippen LogP contribution in [0, 0.1) is 0 Å². The molecule has 1 aliphatic rings. The first-order valence-electron chi connectivity index (χ1n) is 7.35. The summed E-state index contributed by atoms with van der Waals surface area (Å²) in [4.78, 5) is 12.9. The Kier molecular flexibility index (Phi) is 4.75. The molecule has 0 unspecified atom stereocenters. The van der Waals surface area contributed by atoms with Gasteiger partial charge in [0.25, 0.3) is 0 Å². The number of hydrogen-bond acceptors (Lipinski definition) is 3. The van der Waals surface area contributed by atoms with E-state index in [0.29, 0.717) is 5.69 Å². The first-order valence-corrected chi connectivity index (χ1v) is 7.35. The van der Waals surface area contributed by atoms with Crippen LogP contribution in [0.4, 0.5) is 0 Å². The minimum Gasteiger partial charge on any atom is -0.370 e.